The van der Waals surface area contributed by atoms with Gasteiger partial charge in [0.2, 0.25) is 0 Å². The predicted molar refractivity (Wildman–Crippen MR) is 190 cm³/mol. The van der Waals surface area contributed by atoms with E-state index in [4.69, 9.17) is 15.0 Å². The van der Waals surface area contributed by atoms with E-state index in [0.29, 0.717) is 17.5 Å². The van der Waals surface area contributed by atoms with Gasteiger partial charge in [-0.1, -0.05) is 121 Å². The molecule has 0 bridgehead atoms. The summed E-state index contributed by atoms with van der Waals surface area (Å²) in [5.41, 5.74) is 6.29. The Labute approximate surface area is 271 Å². The Morgan fingerprint density at radius 3 is 1.17 bits per heavy atom. The Morgan fingerprint density at radius 2 is 0.739 bits per heavy atom. The first-order chi connectivity index (χ1) is 22.8. The van der Waals surface area contributed by atoms with Gasteiger partial charge in [-0.05, 0) is 70.1 Å². The Morgan fingerprint density at radius 1 is 0.370 bits per heavy atom. The van der Waals surface area contributed by atoms with E-state index in [1.54, 1.807) is 0 Å². The summed E-state index contributed by atoms with van der Waals surface area (Å²) in [6, 6.07) is 55.2. The predicted octanol–water partition coefficient (Wildman–Crippen LogP) is 11.1. The van der Waals surface area contributed by atoms with E-state index in [9.17, 15) is 0 Å². The lowest BCUT2D eigenvalue weighted by atomic mass is 10.1. The first kappa shape index (κ1) is 26.6. The first-order valence-corrected chi connectivity index (χ1v) is 16.1. The average Bonchev–Trinajstić information content (AvgIpc) is 3.13. The first-order valence-electron chi connectivity index (χ1n) is 15.3. The molecule has 8 aromatic rings. The third kappa shape index (κ3) is 4.69. The molecule has 2 heterocycles. The molecule has 0 saturated heterocycles. The van der Waals surface area contributed by atoms with Gasteiger partial charge in [-0.15, -0.1) is 0 Å². The maximum absolute atomic E-state index is 4.94. The van der Waals surface area contributed by atoms with Crippen molar-refractivity contribution >= 4 is 50.4 Å². The van der Waals surface area contributed by atoms with Crippen molar-refractivity contribution in [3.8, 4) is 34.2 Å². The van der Waals surface area contributed by atoms with Gasteiger partial charge in [0.25, 0.3) is 0 Å². The number of benzene rings is 7. The molecule has 0 radical (unpaired) electrons. The van der Waals surface area contributed by atoms with E-state index >= 15 is 0 Å². The third-order valence-corrected chi connectivity index (χ3v) is 9.53. The van der Waals surface area contributed by atoms with E-state index in [-0.39, 0.29) is 0 Å². The van der Waals surface area contributed by atoms with Crippen molar-refractivity contribution in [3.63, 3.8) is 0 Å². The lowest BCUT2D eigenvalue weighted by Crippen LogP contribution is -2.15. The van der Waals surface area contributed by atoms with Gasteiger partial charge in [0.05, 0.1) is 11.4 Å². The van der Waals surface area contributed by atoms with Crippen LogP contribution in [0.1, 0.15) is 0 Å². The molecule has 0 spiro atoms. The van der Waals surface area contributed by atoms with Crippen LogP contribution < -0.4 is 4.90 Å². The summed E-state index contributed by atoms with van der Waals surface area (Å²) in [5, 5.41) is 4.93. The summed E-state index contributed by atoms with van der Waals surface area (Å²) in [4.78, 5) is 19.6. The molecule has 0 N–H and O–H groups in total. The van der Waals surface area contributed by atoms with E-state index in [1.165, 1.54) is 42.7 Å². The zero-order valence-corrected chi connectivity index (χ0v) is 25.5. The fourth-order valence-electron chi connectivity index (χ4n) is 6.15. The number of hydrogen-bond donors (Lipinski definition) is 0. The molecule has 5 heteroatoms. The highest BCUT2D eigenvalue weighted by Gasteiger charge is 2.26. The Hall–Kier alpha value is -5.78. The lowest BCUT2D eigenvalue weighted by Gasteiger charge is -2.33. The van der Waals surface area contributed by atoms with E-state index in [1.807, 2.05) is 72.4 Å². The van der Waals surface area contributed by atoms with Gasteiger partial charge in [-0.25, -0.2) is 15.0 Å². The van der Waals surface area contributed by atoms with Gasteiger partial charge in [0.1, 0.15) is 0 Å². The molecule has 0 aliphatic carbocycles. The standard InChI is InChI=1S/C41H26N4S/c1-3-11-27(12-4-1)39-42-40(28-13-5-2-6-14-28)44-41(43-39)29-19-21-34(22-20-29)45-35-23-30-15-7-9-17-32(30)25-37(35)46-38-26-33-18-10-8-16-31(33)24-36(38)45/h1-26H. The number of aromatic nitrogens is 3. The number of anilines is 3. The van der Waals surface area contributed by atoms with Gasteiger partial charge in [0, 0.05) is 32.2 Å². The Kier molecular flexibility index (Phi) is 6.35. The topological polar surface area (TPSA) is 41.9 Å². The SMILES string of the molecule is c1ccc(-c2nc(-c3ccccc3)nc(-c3ccc(N4c5cc6ccccc6cc5Sc5cc6ccccc6cc54)cc3)n2)cc1. The number of rotatable bonds is 4. The molecular weight excluding hydrogens is 581 g/mol. The molecule has 0 atom stereocenters. The van der Waals surface area contributed by atoms with Crippen LogP contribution in [0.15, 0.2) is 168 Å². The third-order valence-electron chi connectivity index (χ3n) is 8.44. The van der Waals surface area contributed by atoms with E-state index in [2.05, 4.69) is 102 Å². The van der Waals surface area contributed by atoms with Gasteiger partial charge in [-0.3, -0.25) is 0 Å². The second-order valence-electron chi connectivity index (χ2n) is 11.4. The summed E-state index contributed by atoms with van der Waals surface area (Å²) >= 11 is 1.84. The molecule has 46 heavy (non-hydrogen) atoms. The van der Waals surface area contributed by atoms with E-state index < -0.39 is 0 Å². The minimum atomic E-state index is 0.645. The van der Waals surface area contributed by atoms with Crippen LogP contribution in [0.5, 0.6) is 0 Å². The summed E-state index contributed by atoms with van der Waals surface area (Å²) in [7, 11) is 0. The van der Waals surface area contributed by atoms with Gasteiger partial charge < -0.3 is 4.90 Å². The van der Waals surface area contributed by atoms with Crippen molar-refractivity contribution in [2.24, 2.45) is 0 Å². The highest BCUT2D eigenvalue weighted by molar-refractivity contribution is 7.99. The van der Waals surface area contributed by atoms with Crippen LogP contribution in [0.25, 0.3) is 55.7 Å². The van der Waals surface area contributed by atoms with Crippen LogP contribution in [-0.2, 0) is 0 Å². The minimum Gasteiger partial charge on any atom is -0.308 e. The van der Waals surface area contributed by atoms with Crippen molar-refractivity contribution in [1.82, 2.24) is 15.0 Å². The number of hydrogen-bond acceptors (Lipinski definition) is 5. The average molecular weight is 607 g/mol. The molecule has 0 fully saturated rings. The highest BCUT2D eigenvalue weighted by Crippen LogP contribution is 2.53. The van der Waals surface area contributed by atoms with E-state index in [0.717, 1.165) is 22.4 Å². The smallest absolute Gasteiger partial charge is 0.164 e. The molecule has 1 aromatic heterocycles. The zero-order chi connectivity index (χ0) is 30.5. The molecule has 9 rings (SSSR count). The van der Waals surface area contributed by atoms with Crippen molar-refractivity contribution in [2.75, 3.05) is 4.90 Å². The zero-order valence-electron chi connectivity index (χ0n) is 24.7. The summed E-state index contributed by atoms with van der Waals surface area (Å²) in [5.74, 6) is 1.96. The largest absolute Gasteiger partial charge is 0.308 e. The van der Waals surface area contributed by atoms with Crippen molar-refractivity contribution in [2.45, 2.75) is 9.79 Å². The molecule has 4 nitrogen and oxygen atoms in total. The highest BCUT2D eigenvalue weighted by atomic mass is 32.2. The molecule has 0 amide bonds. The number of nitrogens with zero attached hydrogens (tertiary/aromatic N) is 4. The maximum Gasteiger partial charge on any atom is 0.164 e. The summed E-state index contributed by atoms with van der Waals surface area (Å²) in [6.07, 6.45) is 0. The summed E-state index contributed by atoms with van der Waals surface area (Å²) in [6.45, 7) is 0. The Bertz CT molecular complexity index is 2250. The summed E-state index contributed by atoms with van der Waals surface area (Å²) < 4.78 is 0. The van der Waals surface area contributed by atoms with Crippen molar-refractivity contribution in [1.29, 1.82) is 0 Å². The van der Waals surface area contributed by atoms with Crippen LogP contribution in [-0.4, -0.2) is 15.0 Å². The molecule has 0 unspecified atom stereocenters. The monoisotopic (exact) mass is 606 g/mol. The number of fused-ring (bicyclic) bond motifs is 4. The van der Waals surface area contributed by atoms with Gasteiger partial charge in [0.15, 0.2) is 17.5 Å². The molecule has 216 valence electrons. The van der Waals surface area contributed by atoms with Crippen molar-refractivity contribution < 1.29 is 0 Å². The second kappa shape index (κ2) is 11.0. The molecular formula is C41H26N4S. The fraction of sp³-hybridized carbons (Fsp3) is 0. The molecule has 7 aromatic carbocycles. The Balaban J connectivity index is 1.19. The quantitative estimate of drug-likeness (QED) is 0.199. The van der Waals surface area contributed by atoms with Crippen LogP contribution in [0.3, 0.4) is 0 Å². The van der Waals surface area contributed by atoms with Crippen molar-refractivity contribution in [3.05, 3.63) is 158 Å². The second-order valence-corrected chi connectivity index (χ2v) is 12.4. The molecule has 1 aliphatic rings. The van der Waals surface area contributed by atoms with Crippen LogP contribution in [0.4, 0.5) is 17.1 Å². The van der Waals surface area contributed by atoms with Crippen LogP contribution in [0, 0.1) is 0 Å². The van der Waals surface area contributed by atoms with Gasteiger partial charge >= 0.3 is 0 Å². The molecule has 1 aliphatic heterocycles. The van der Waals surface area contributed by atoms with Crippen LogP contribution in [0.2, 0.25) is 0 Å². The lowest BCUT2D eigenvalue weighted by molar-refractivity contribution is 1.07. The van der Waals surface area contributed by atoms with Gasteiger partial charge in [-0.2, -0.15) is 0 Å². The fourth-order valence-corrected chi connectivity index (χ4v) is 7.27. The minimum absolute atomic E-state index is 0.645. The maximum atomic E-state index is 4.94. The molecule has 0 saturated carbocycles. The normalized spacial score (nSPS) is 12.2. The van der Waals surface area contributed by atoms with Crippen LogP contribution >= 0.6 is 11.8 Å².